The number of carboxylic acids is 1. The van der Waals surface area contributed by atoms with Crippen molar-refractivity contribution >= 4 is 11.7 Å². The number of aromatic carboxylic acids is 1. The van der Waals surface area contributed by atoms with Crippen LogP contribution in [0.15, 0.2) is 42.5 Å². The minimum absolute atomic E-state index is 0.239. The third-order valence-electron chi connectivity index (χ3n) is 2.68. The van der Waals surface area contributed by atoms with E-state index in [1.165, 1.54) is 0 Å². The molecule has 0 saturated heterocycles. The van der Waals surface area contributed by atoms with Crippen LogP contribution in [0.25, 0.3) is 11.1 Å². The highest BCUT2D eigenvalue weighted by molar-refractivity contribution is 5.90. The SMILES string of the molecule is COc1ccc(-c2cccc(C(=O)O)c2)c(N)c1. The van der Waals surface area contributed by atoms with Crippen molar-refractivity contribution in [1.82, 2.24) is 0 Å². The lowest BCUT2D eigenvalue weighted by atomic mass is 10.0. The average molecular weight is 243 g/mol. The summed E-state index contributed by atoms with van der Waals surface area (Å²) < 4.78 is 5.07. The van der Waals surface area contributed by atoms with Crippen LogP contribution in [0, 0.1) is 0 Å². The minimum Gasteiger partial charge on any atom is -0.497 e. The van der Waals surface area contributed by atoms with E-state index >= 15 is 0 Å². The second-order valence-electron chi connectivity index (χ2n) is 3.84. The molecule has 0 saturated carbocycles. The molecule has 0 heterocycles. The zero-order chi connectivity index (χ0) is 13.1. The molecule has 92 valence electrons. The second-order valence-corrected chi connectivity index (χ2v) is 3.84. The number of carbonyl (C=O) groups is 1. The molecule has 0 aliphatic rings. The smallest absolute Gasteiger partial charge is 0.335 e. The van der Waals surface area contributed by atoms with Gasteiger partial charge < -0.3 is 15.6 Å². The van der Waals surface area contributed by atoms with Crippen LogP contribution in [0.3, 0.4) is 0 Å². The standard InChI is InChI=1S/C14H13NO3/c1-18-11-5-6-12(13(15)8-11)9-3-2-4-10(7-9)14(16)17/h2-8H,15H2,1H3,(H,16,17). The number of benzene rings is 2. The van der Waals surface area contributed by atoms with E-state index in [2.05, 4.69) is 0 Å². The van der Waals surface area contributed by atoms with E-state index in [-0.39, 0.29) is 5.56 Å². The molecule has 0 amide bonds. The number of rotatable bonds is 3. The highest BCUT2D eigenvalue weighted by Crippen LogP contribution is 2.29. The summed E-state index contributed by atoms with van der Waals surface area (Å²) in [5, 5.41) is 8.96. The first-order chi connectivity index (χ1) is 8.61. The maximum Gasteiger partial charge on any atom is 0.335 e. The van der Waals surface area contributed by atoms with Crippen LogP contribution in [-0.2, 0) is 0 Å². The maximum absolute atomic E-state index is 10.9. The van der Waals surface area contributed by atoms with Gasteiger partial charge in [-0.3, -0.25) is 0 Å². The fourth-order valence-electron chi connectivity index (χ4n) is 1.75. The average Bonchev–Trinajstić information content (AvgIpc) is 2.38. The molecule has 0 unspecified atom stereocenters. The summed E-state index contributed by atoms with van der Waals surface area (Å²) in [6, 6.07) is 12.0. The number of methoxy groups -OCH3 is 1. The Morgan fingerprint density at radius 2 is 2.00 bits per heavy atom. The predicted octanol–water partition coefficient (Wildman–Crippen LogP) is 2.64. The first-order valence-corrected chi connectivity index (χ1v) is 5.39. The second kappa shape index (κ2) is 4.79. The molecule has 0 spiro atoms. The molecule has 2 aromatic rings. The molecule has 2 rings (SSSR count). The fraction of sp³-hybridized carbons (Fsp3) is 0.0714. The van der Waals surface area contributed by atoms with Crippen molar-refractivity contribution in [3.05, 3.63) is 48.0 Å². The molecular weight excluding hydrogens is 230 g/mol. The zero-order valence-electron chi connectivity index (χ0n) is 9.88. The molecular formula is C14H13NO3. The van der Waals surface area contributed by atoms with Gasteiger partial charge in [0, 0.05) is 17.3 Å². The van der Waals surface area contributed by atoms with Crippen molar-refractivity contribution in [3.63, 3.8) is 0 Å². The van der Waals surface area contributed by atoms with E-state index in [1.807, 2.05) is 12.1 Å². The number of carboxylic acid groups (broad SMARTS) is 1. The first kappa shape index (κ1) is 12.0. The summed E-state index contributed by atoms with van der Waals surface area (Å²) in [6.45, 7) is 0. The van der Waals surface area contributed by atoms with E-state index in [0.29, 0.717) is 11.4 Å². The largest absolute Gasteiger partial charge is 0.497 e. The van der Waals surface area contributed by atoms with Gasteiger partial charge in [0.15, 0.2) is 0 Å². The van der Waals surface area contributed by atoms with E-state index in [0.717, 1.165) is 11.1 Å². The Kier molecular flexibility index (Phi) is 3.19. The van der Waals surface area contributed by atoms with Crippen LogP contribution >= 0.6 is 0 Å². The molecule has 0 radical (unpaired) electrons. The highest BCUT2D eigenvalue weighted by Gasteiger charge is 2.07. The summed E-state index contributed by atoms with van der Waals surface area (Å²) in [6.07, 6.45) is 0. The maximum atomic E-state index is 10.9. The lowest BCUT2D eigenvalue weighted by Gasteiger charge is -2.08. The van der Waals surface area contributed by atoms with Crippen molar-refractivity contribution < 1.29 is 14.6 Å². The Morgan fingerprint density at radius 3 is 2.61 bits per heavy atom. The van der Waals surface area contributed by atoms with Gasteiger partial charge in [-0.1, -0.05) is 12.1 Å². The first-order valence-electron chi connectivity index (χ1n) is 5.39. The van der Waals surface area contributed by atoms with Crippen LogP contribution in [0.4, 0.5) is 5.69 Å². The molecule has 0 fully saturated rings. The van der Waals surface area contributed by atoms with E-state index in [4.69, 9.17) is 15.6 Å². The van der Waals surface area contributed by atoms with Gasteiger partial charge in [0.1, 0.15) is 5.75 Å². The molecule has 0 atom stereocenters. The van der Waals surface area contributed by atoms with Gasteiger partial charge in [0.25, 0.3) is 0 Å². The normalized spacial score (nSPS) is 10.1. The van der Waals surface area contributed by atoms with E-state index < -0.39 is 5.97 Å². The quantitative estimate of drug-likeness (QED) is 0.813. The van der Waals surface area contributed by atoms with Gasteiger partial charge in [0.2, 0.25) is 0 Å². The molecule has 18 heavy (non-hydrogen) atoms. The van der Waals surface area contributed by atoms with Gasteiger partial charge >= 0.3 is 5.97 Å². The lowest BCUT2D eigenvalue weighted by Crippen LogP contribution is -1.97. The molecule has 4 nitrogen and oxygen atoms in total. The molecule has 0 aromatic heterocycles. The van der Waals surface area contributed by atoms with Gasteiger partial charge in [0.05, 0.1) is 12.7 Å². The molecule has 0 aliphatic heterocycles. The monoisotopic (exact) mass is 243 g/mol. The number of anilines is 1. The minimum atomic E-state index is -0.955. The summed E-state index contributed by atoms with van der Waals surface area (Å²) in [5.74, 6) is -0.283. The topological polar surface area (TPSA) is 72.5 Å². The summed E-state index contributed by atoms with van der Waals surface area (Å²) in [5.41, 5.74) is 8.28. The van der Waals surface area contributed by atoms with E-state index in [9.17, 15) is 4.79 Å². The highest BCUT2D eigenvalue weighted by atomic mass is 16.5. The summed E-state index contributed by atoms with van der Waals surface area (Å²) >= 11 is 0. The number of ether oxygens (including phenoxy) is 1. The molecule has 0 aliphatic carbocycles. The van der Waals surface area contributed by atoms with Crippen LogP contribution < -0.4 is 10.5 Å². The summed E-state index contributed by atoms with van der Waals surface area (Å²) in [4.78, 5) is 10.9. The number of nitrogens with two attached hydrogens (primary N) is 1. The Morgan fingerprint density at radius 1 is 1.22 bits per heavy atom. The number of hydrogen-bond acceptors (Lipinski definition) is 3. The van der Waals surface area contributed by atoms with Crippen molar-refractivity contribution in [2.45, 2.75) is 0 Å². The molecule has 3 N–H and O–H groups in total. The Labute approximate surface area is 105 Å². The fourth-order valence-corrected chi connectivity index (χ4v) is 1.75. The van der Waals surface area contributed by atoms with Gasteiger partial charge in [-0.2, -0.15) is 0 Å². The molecule has 0 bridgehead atoms. The lowest BCUT2D eigenvalue weighted by molar-refractivity contribution is 0.0697. The zero-order valence-corrected chi connectivity index (χ0v) is 9.88. The van der Waals surface area contributed by atoms with Crippen molar-refractivity contribution in [2.75, 3.05) is 12.8 Å². The number of nitrogen functional groups attached to an aromatic ring is 1. The Hall–Kier alpha value is -2.49. The Bertz CT molecular complexity index is 593. The van der Waals surface area contributed by atoms with Gasteiger partial charge in [-0.15, -0.1) is 0 Å². The van der Waals surface area contributed by atoms with Crippen LogP contribution in [0.1, 0.15) is 10.4 Å². The molecule has 2 aromatic carbocycles. The van der Waals surface area contributed by atoms with Gasteiger partial charge in [-0.05, 0) is 29.8 Å². The van der Waals surface area contributed by atoms with Crippen LogP contribution in [0.2, 0.25) is 0 Å². The number of hydrogen-bond donors (Lipinski definition) is 2. The predicted molar refractivity (Wildman–Crippen MR) is 69.8 cm³/mol. The summed E-state index contributed by atoms with van der Waals surface area (Å²) in [7, 11) is 1.57. The third kappa shape index (κ3) is 2.27. The van der Waals surface area contributed by atoms with E-state index in [1.54, 1.807) is 37.4 Å². The third-order valence-corrected chi connectivity index (χ3v) is 2.68. The van der Waals surface area contributed by atoms with Gasteiger partial charge in [-0.25, -0.2) is 4.79 Å². The van der Waals surface area contributed by atoms with Crippen molar-refractivity contribution in [3.8, 4) is 16.9 Å². The van der Waals surface area contributed by atoms with Crippen molar-refractivity contribution in [2.24, 2.45) is 0 Å². The van der Waals surface area contributed by atoms with Crippen LogP contribution in [-0.4, -0.2) is 18.2 Å². The Balaban J connectivity index is 2.48. The van der Waals surface area contributed by atoms with Crippen LogP contribution in [0.5, 0.6) is 5.75 Å². The van der Waals surface area contributed by atoms with Crippen molar-refractivity contribution in [1.29, 1.82) is 0 Å². The molecule has 4 heteroatoms.